The van der Waals surface area contributed by atoms with Crippen LogP contribution in [0, 0.1) is 0 Å². The van der Waals surface area contributed by atoms with E-state index in [0.29, 0.717) is 25.1 Å². The Morgan fingerprint density at radius 3 is 3.09 bits per heavy atom. The highest BCUT2D eigenvalue weighted by atomic mass is 16.2. The molecule has 1 aliphatic heterocycles. The second-order valence-electron chi connectivity index (χ2n) is 5.66. The summed E-state index contributed by atoms with van der Waals surface area (Å²) in [5, 5.41) is 5.06. The Morgan fingerprint density at radius 1 is 1.52 bits per heavy atom. The maximum atomic E-state index is 12.1. The van der Waals surface area contributed by atoms with Crippen LogP contribution < -0.4 is 5.43 Å². The summed E-state index contributed by atoms with van der Waals surface area (Å²) in [4.78, 5) is 26.7. The van der Waals surface area contributed by atoms with Crippen molar-refractivity contribution in [3.8, 4) is 0 Å². The van der Waals surface area contributed by atoms with Crippen molar-refractivity contribution >= 4 is 17.5 Å². The number of hydrogen-bond acceptors (Lipinski definition) is 3. The normalized spacial score (nSPS) is 18.0. The maximum Gasteiger partial charge on any atom is 0.240 e. The second-order valence-corrected chi connectivity index (χ2v) is 5.66. The van der Waals surface area contributed by atoms with Crippen LogP contribution in [0.15, 0.2) is 29.4 Å². The zero-order valence-electron chi connectivity index (χ0n) is 13.2. The Kier molecular flexibility index (Phi) is 6.00. The van der Waals surface area contributed by atoms with Crippen molar-refractivity contribution in [2.45, 2.75) is 44.9 Å². The van der Waals surface area contributed by atoms with Gasteiger partial charge in [0.05, 0.1) is 0 Å². The molecule has 0 aliphatic carbocycles. The van der Waals surface area contributed by atoms with E-state index in [2.05, 4.69) is 15.5 Å². The molecule has 0 radical (unpaired) electrons. The zero-order valence-corrected chi connectivity index (χ0v) is 13.2. The molecule has 0 saturated carbocycles. The summed E-state index contributed by atoms with van der Waals surface area (Å²) < 4.78 is 0. The molecule has 1 aliphatic rings. The zero-order chi connectivity index (χ0) is 16.7. The van der Waals surface area contributed by atoms with Gasteiger partial charge in [-0.05, 0) is 36.4 Å². The second kappa shape index (κ2) is 8.19. The van der Waals surface area contributed by atoms with Gasteiger partial charge in [0.2, 0.25) is 11.8 Å². The van der Waals surface area contributed by atoms with E-state index in [9.17, 15) is 9.59 Å². The molecule has 0 bridgehead atoms. The number of azide groups is 1. The van der Waals surface area contributed by atoms with Crippen LogP contribution in [-0.2, 0) is 9.59 Å². The first-order valence-electron chi connectivity index (χ1n) is 7.89. The Labute approximate surface area is 135 Å². The molecule has 7 heteroatoms. The van der Waals surface area contributed by atoms with Gasteiger partial charge in [0.15, 0.2) is 0 Å². The van der Waals surface area contributed by atoms with E-state index in [1.165, 1.54) is 5.01 Å². The first kappa shape index (κ1) is 16.8. The quantitative estimate of drug-likeness (QED) is 0.510. The highest BCUT2D eigenvalue weighted by Gasteiger charge is 2.25. The van der Waals surface area contributed by atoms with Crippen molar-refractivity contribution < 1.29 is 9.59 Å². The Balaban J connectivity index is 2.15. The summed E-state index contributed by atoms with van der Waals surface area (Å²) in [5.74, 6) is -0.0790. The number of amides is 2. The summed E-state index contributed by atoms with van der Waals surface area (Å²) in [5.41, 5.74) is 12.8. The van der Waals surface area contributed by atoms with Crippen LogP contribution in [0.2, 0.25) is 0 Å². The van der Waals surface area contributed by atoms with Crippen LogP contribution in [0.5, 0.6) is 0 Å². The molecule has 1 heterocycles. The third-order valence-electron chi connectivity index (χ3n) is 3.89. The number of rotatable bonds is 5. The van der Waals surface area contributed by atoms with E-state index in [1.54, 1.807) is 6.07 Å². The van der Waals surface area contributed by atoms with Crippen molar-refractivity contribution in [3.63, 3.8) is 0 Å². The van der Waals surface area contributed by atoms with Crippen molar-refractivity contribution in [2.24, 2.45) is 5.11 Å². The fraction of sp³-hybridized carbons (Fsp3) is 0.500. The Hall–Kier alpha value is -2.53. The van der Waals surface area contributed by atoms with Gasteiger partial charge >= 0.3 is 0 Å². The SMILES string of the molecule is CCCC(=O)NN1CC(c2cccc(N=[N+]=[N-])c2)CCCC1=O. The average molecular weight is 315 g/mol. The summed E-state index contributed by atoms with van der Waals surface area (Å²) in [7, 11) is 0. The molecule has 122 valence electrons. The van der Waals surface area contributed by atoms with Gasteiger partial charge in [0, 0.05) is 35.9 Å². The third-order valence-corrected chi connectivity index (χ3v) is 3.89. The number of carbonyl (C=O) groups excluding carboxylic acids is 2. The number of hydrogen-bond donors (Lipinski definition) is 1. The lowest BCUT2D eigenvalue weighted by Crippen LogP contribution is -2.46. The fourth-order valence-electron chi connectivity index (χ4n) is 2.75. The topological polar surface area (TPSA) is 98.2 Å². The lowest BCUT2D eigenvalue weighted by Gasteiger charge is -2.25. The lowest BCUT2D eigenvalue weighted by molar-refractivity contribution is -0.141. The minimum Gasteiger partial charge on any atom is -0.273 e. The number of benzene rings is 1. The standard InChI is InChI=1S/C16H21N5O2/c1-2-5-15(22)19-21-11-13(7-4-9-16(21)23)12-6-3-8-14(10-12)18-20-17/h3,6,8,10,13H,2,4-5,7,9,11H2,1H3,(H,19,22). The van der Waals surface area contributed by atoms with Crippen molar-refractivity contribution in [1.29, 1.82) is 0 Å². The fourth-order valence-corrected chi connectivity index (χ4v) is 2.75. The van der Waals surface area contributed by atoms with E-state index in [4.69, 9.17) is 5.53 Å². The molecule has 0 spiro atoms. The molecule has 1 fully saturated rings. The highest BCUT2D eigenvalue weighted by molar-refractivity contribution is 5.82. The van der Waals surface area contributed by atoms with Gasteiger partial charge in [-0.2, -0.15) is 0 Å². The highest BCUT2D eigenvalue weighted by Crippen LogP contribution is 2.28. The van der Waals surface area contributed by atoms with Gasteiger partial charge in [-0.1, -0.05) is 30.2 Å². The summed E-state index contributed by atoms with van der Waals surface area (Å²) >= 11 is 0. The summed E-state index contributed by atoms with van der Waals surface area (Å²) in [6, 6.07) is 7.38. The molecule has 1 atom stereocenters. The molecule has 7 nitrogen and oxygen atoms in total. The lowest BCUT2D eigenvalue weighted by atomic mass is 9.94. The van der Waals surface area contributed by atoms with E-state index in [-0.39, 0.29) is 17.7 Å². The molecule has 1 aromatic carbocycles. The van der Waals surface area contributed by atoms with Gasteiger partial charge in [-0.15, -0.1) is 0 Å². The minimum atomic E-state index is -0.135. The molecule has 1 unspecified atom stereocenters. The number of nitrogens with zero attached hydrogens (tertiary/aromatic N) is 4. The van der Waals surface area contributed by atoms with Crippen molar-refractivity contribution in [2.75, 3.05) is 6.54 Å². The molecule has 1 aromatic rings. The number of nitrogens with one attached hydrogen (secondary N) is 1. The average Bonchev–Trinajstić information content (AvgIpc) is 2.71. The van der Waals surface area contributed by atoms with Gasteiger partial charge < -0.3 is 0 Å². The first-order chi connectivity index (χ1) is 11.1. The molecule has 0 aromatic heterocycles. The third kappa shape index (κ3) is 4.72. The van der Waals surface area contributed by atoms with Crippen LogP contribution in [-0.4, -0.2) is 23.4 Å². The molecular weight excluding hydrogens is 294 g/mol. The predicted molar refractivity (Wildman–Crippen MR) is 86.6 cm³/mol. The maximum absolute atomic E-state index is 12.1. The first-order valence-corrected chi connectivity index (χ1v) is 7.89. The summed E-state index contributed by atoms with van der Waals surface area (Å²) in [6.45, 7) is 2.36. The van der Waals surface area contributed by atoms with E-state index >= 15 is 0 Å². The van der Waals surface area contributed by atoms with Crippen molar-refractivity contribution in [3.05, 3.63) is 40.3 Å². The van der Waals surface area contributed by atoms with Gasteiger partial charge in [0.25, 0.3) is 0 Å². The molecule has 1 N–H and O–H groups in total. The Bertz CT molecular complexity index is 625. The van der Waals surface area contributed by atoms with Gasteiger partial charge in [-0.3, -0.25) is 20.0 Å². The van der Waals surface area contributed by atoms with E-state index in [0.717, 1.165) is 24.8 Å². The van der Waals surface area contributed by atoms with Crippen LogP contribution in [0.1, 0.15) is 50.5 Å². The van der Waals surface area contributed by atoms with E-state index in [1.807, 2.05) is 25.1 Å². The monoisotopic (exact) mass is 315 g/mol. The summed E-state index contributed by atoms with van der Waals surface area (Å²) in [6.07, 6.45) is 3.20. The Morgan fingerprint density at radius 2 is 2.35 bits per heavy atom. The predicted octanol–water partition coefficient (Wildman–Crippen LogP) is 3.56. The van der Waals surface area contributed by atoms with Gasteiger partial charge in [-0.25, -0.2) is 0 Å². The molecule has 1 saturated heterocycles. The van der Waals surface area contributed by atoms with E-state index < -0.39 is 0 Å². The molecule has 2 rings (SSSR count). The molecular formula is C16H21N5O2. The van der Waals surface area contributed by atoms with Crippen LogP contribution in [0.25, 0.3) is 10.4 Å². The van der Waals surface area contributed by atoms with Gasteiger partial charge in [0.1, 0.15) is 0 Å². The smallest absolute Gasteiger partial charge is 0.240 e. The minimum absolute atomic E-state index is 0.0526. The van der Waals surface area contributed by atoms with Crippen LogP contribution >= 0.6 is 0 Å². The van der Waals surface area contributed by atoms with Crippen LogP contribution in [0.3, 0.4) is 0 Å². The number of hydrazine groups is 1. The molecule has 2 amide bonds. The largest absolute Gasteiger partial charge is 0.273 e. The number of carbonyl (C=O) groups is 2. The van der Waals surface area contributed by atoms with Crippen LogP contribution in [0.4, 0.5) is 5.69 Å². The van der Waals surface area contributed by atoms with Crippen molar-refractivity contribution in [1.82, 2.24) is 10.4 Å². The molecule has 23 heavy (non-hydrogen) atoms.